The number of anilines is 1. The Kier molecular flexibility index (Phi) is 5.42. The van der Waals surface area contributed by atoms with Crippen molar-refractivity contribution in [2.45, 2.75) is 19.4 Å². The molecule has 0 aliphatic heterocycles. The summed E-state index contributed by atoms with van der Waals surface area (Å²) >= 11 is 1.72. The zero-order valence-corrected chi connectivity index (χ0v) is 11.5. The maximum Gasteiger partial charge on any atom is 0.183 e. The maximum absolute atomic E-state index is 13.8. The second-order valence-corrected chi connectivity index (χ2v) is 5.10. The van der Waals surface area contributed by atoms with Crippen LogP contribution in [0, 0.1) is 23.0 Å². The number of benzene rings is 1. The zero-order valence-electron chi connectivity index (χ0n) is 10.7. The van der Waals surface area contributed by atoms with Gasteiger partial charge in [0.15, 0.2) is 11.6 Å². The normalized spacial score (nSPS) is 12.0. The van der Waals surface area contributed by atoms with Crippen molar-refractivity contribution in [3.05, 3.63) is 29.3 Å². The summed E-state index contributed by atoms with van der Waals surface area (Å²) in [5.74, 6) is -1.06. The molecular formula is C13H16F2N2S. The smallest absolute Gasteiger partial charge is 0.183 e. The molecule has 0 aromatic heterocycles. The van der Waals surface area contributed by atoms with E-state index in [2.05, 4.69) is 0 Å². The Morgan fingerprint density at radius 2 is 2.06 bits per heavy atom. The van der Waals surface area contributed by atoms with Crippen LogP contribution in [0.15, 0.2) is 12.1 Å². The molecule has 0 saturated heterocycles. The first kappa shape index (κ1) is 14.8. The first-order valence-electron chi connectivity index (χ1n) is 5.62. The van der Waals surface area contributed by atoms with Gasteiger partial charge >= 0.3 is 0 Å². The third kappa shape index (κ3) is 3.14. The molecule has 5 heteroatoms. The Morgan fingerprint density at radius 3 is 2.61 bits per heavy atom. The second-order valence-electron chi connectivity index (χ2n) is 4.11. The number of thioether (sulfide) groups is 1. The molecule has 98 valence electrons. The summed E-state index contributed by atoms with van der Waals surface area (Å²) in [6.07, 6.45) is 2.90. The molecule has 1 atom stereocenters. The quantitative estimate of drug-likeness (QED) is 0.820. The lowest BCUT2D eigenvalue weighted by Crippen LogP contribution is -2.30. The molecule has 0 fully saturated rings. The standard InChI is InChI=1S/C13H16F2N2S/c1-9(6-7-18-3)17(2)11-5-4-10(8-16)12(14)13(11)15/h4-5,9H,6-7H2,1-3H3. The van der Waals surface area contributed by atoms with Gasteiger partial charge in [0.1, 0.15) is 6.07 Å². The lowest BCUT2D eigenvalue weighted by Gasteiger charge is -2.27. The van der Waals surface area contributed by atoms with Crippen LogP contribution in [-0.2, 0) is 0 Å². The molecule has 0 spiro atoms. The lowest BCUT2D eigenvalue weighted by atomic mass is 10.1. The third-order valence-corrected chi connectivity index (χ3v) is 3.61. The topological polar surface area (TPSA) is 27.0 Å². The first-order valence-corrected chi connectivity index (χ1v) is 7.02. The van der Waals surface area contributed by atoms with E-state index in [9.17, 15) is 8.78 Å². The molecule has 18 heavy (non-hydrogen) atoms. The highest BCUT2D eigenvalue weighted by Crippen LogP contribution is 2.25. The summed E-state index contributed by atoms with van der Waals surface area (Å²) in [6, 6.07) is 4.50. The minimum atomic E-state index is -1.07. The van der Waals surface area contributed by atoms with Crippen LogP contribution in [0.4, 0.5) is 14.5 Å². The highest BCUT2D eigenvalue weighted by molar-refractivity contribution is 7.98. The first-order chi connectivity index (χ1) is 8.52. The molecule has 0 bridgehead atoms. The lowest BCUT2D eigenvalue weighted by molar-refractivity contribution is 0.501. The van der Waals surface area contributed by atoms with Gasteiger partial charge in [-0.25, -0.2) is 8.78 Å². The molecule has 0 radical (unpaired) electrons. The molecule has 1 rings (SSSR count). The van der Waals surface area contributed by atoms with E-state index >= 15 is 0 Å². The molecule has 1 aromatic rings. The van der Waals surface area contributed by atoms with Crippen molar-refractivity contribution < 1.29 is 8.78 Å². The summed E-state index contributed by atoms with van der Waals surface area (Å²) in [5.41, 5.74) is -0.0680. The van der Waals surface area contributed by atoms with Crippen LogP contribution < -0.4 is 4.90 Å². The van der Waals surface area contributed by atoms with Crippen molar-refractivity contribution in [1.82, 2.24) is 0 Å². The molecule has 1 aromatic carbocycles. The van der Waals surface area contributed by atoms with Crippen LogP contribution in [0.2, 0.25) is 0 Å². The zero-order chi connectivity index (χ0) is 13.7. The highest BCUT2D eigenvalue weighted by Gasteiger charge is 2.18. The Hall–Kier alpha value is -1.28. The van der Waals surface area contributed by atoms with Crippen LogP contribution in [0.1, 0.15) is 18.9 Å². The Morgan fingerprint density at radius 1 is 1.39 bits per heavy atom. The molecule has 0 aliphatic carbocycles. The van der Waals surface area contributed by atoms with Gasteiger partial charge in [0.2, 0.25) is 0 Å². The predicted octanol–water partition coefficient (Wildman–Crippen LogP) is 3.41. The van der Waals surface area contributed by atoms with E-state index in [4.69, 9.17) is 5.26 Å². The van der Waals surface area contributed by atoms with Crippen LogP contribution in [-0.4, -0.2) is 25.1 Å². The van der Waals surface area contributed by atoms with Crippen molar-refractivity contribution >= 4 is 17.4 Å². The van der Waals surface area contributed by atoms with Crippen molar-refractivity contribution in [3.63, 3.8) is 0 Å². The van der Waals surface area contributed by atoms with E-state index in [1.165, 1.54) is 12.1 Å². The van der Waals surface area contributed by atoms with E-state index in [0.29, 0.717) is 0 Å². The number of nitrogens with zero attached hydrogens (tertiary/aromatic N) is 2. The fourth-order valence-corrected chi connectivity index (χ4v) is 2.19. The van der Waals surface area contributed by atoms with Gasteiger partial charge in [-0.1, -0.05) is 0 Å². The average Bonchev–Trinajstić information content (AvgIpc) is 2.38. The molecule has 0 heterocycles. The average molecular weight is 270 g/mol. The molecule has 2 nitrogen and oxygen atoms in total. The molecule has 0 saturated carbocycles. The minimum absolute atomic E-state index is 0.110. The maximum atomic E-state index is 13.8. The van der Waals surface area contributed by atoms with Crippen LogP contribution in [0.25, 0.3) is 0 Å². The number of nitriles is 1. The van der Waals surface area contributed by atoms with Gasteiger partial charge in [-0.15, -0.1) is 0 Å². The van der Waals surface area contributed by atoms with E-state index in [0.717, 1.165) is 12.2 Å². The van der Waals surface area contributed by atoms with Crippen LogP contribution in [0.5, 0.6) is 0 Å². The molecule has 0 N–H and O–H groups in total. The van der Waals surface area contributed by atoms with Gasteiger partial charge in [-0.05, 0) is 37.5 Å². The number of rotatable bonds is 5. The summed E-state index contributed by atoms with van der Waals surface area (Å²) in [4.78, 5) is 1.70. The summed E-state index contributed by atoms with van der Waals surface area (Å²) < 4.78 is 27.3. The molecule has 0 amide bonds. The van der Waals surface area contributed by atoms with Crippen molar-refractivity contribution in [2.24, 2.45) is 0 Å². The molecule has 1 unspecified atom stereocenters. The van der Waals surface area contributed by atoms with Gasteiger partial charge in [0.25, 0.3) is 0 Å². The largest absolute Gasteiger partial charge is 0.369 e. The fourth-order valence-electron chi connectivity index (χ4n) is 1.62. The van der Waals surface area contributed by atoms with Gasteiger partial charge in [-0.2, -0.15) is 17.0 Å². The van der Waals surface area contributed by atoms with Crippen molar-refractivity contribution in [1.29, 1.82) is 5.26 Å². The van der Waals surface area contributed by atoms with Gasteiger partial charge < -0.3 is 4.90 Å². The van der Waals surface area contributed by atoms with Gasteiger partial charge in [0.05, 0.1) is 11.3 Å². The van der Waals surface area contributed by atoms with Gasteiger partial charge in [0, 0.05) is 13.1 Å². The monoisotopic (exact) mass is 270 g/mol. The Balaban J connectivity index is 2.97. The highest BCUT2D eigenvalue weighted by atomic mass is 32.2. The van der Waals surface area contributed by atoms with E-state index in [-0.39, 0.29) is 17.3 Å². The van der Waals surface area contributed by atoms with Crippen molar-refractivity contribution in [2.75, 3.05) is 24.0 Å². The van der Waals surface area contributed by atoms with E-state index < -0.39 is 11.6 Å². The van der Waals surface area contributed by atoms with Gasteiger partial charge in [-0.3, -0.25) is 0 Å². The minimum Gasteiger partial charge on any atom is -0.369 e. The van der Waals surface area contributed by atoms with Crippen LogP contribution in [0.3, 0.4) is 0 Å². The predicted molar refractivity (Wildman–Crippen MR) is 71.9 cm³/mol. The Bertz CT molecular complexity index is 457. The fraction of sp³-hybridized carbons (Fsp3) is 0.462. The van der Waals surface area contributed by atoms with Crippen molar-refractivity contribution in [3.8, 4) is 6.07 Å². The van der Waals surface area contributed by atoms with E-state index in [1.807, 2.05) is 13.2 Å². The van der Waals surface area contributed by atoms with Crippen LogP contribution >= 0.6 is 11.8 Å². The summed E-state index contributed by atoms with van der Waals surface area (Å²) in [6.45, 7) is 1.96. The second kappa shape index (κ2) is 6.60. The number of hydrogen-bond donors (Lipinski definition) is 0. The molecular weight excluding hydrogens is 254 g/mol. The molecule has 0 aliphatic rings. The summed E-state index contributed by atoms with van der Waals surface area (Å²) in [5, 5.41) is 8.62. The SMILES string of the molecule is CSCCC(C)N(C)c1ccc(C#N)c(F)c1F. The summed E-state index contributed by atoms with van der Waals surface area (Å²) in [7, 11) is 1.73. The third-order valence-electron chi connectivity index (χ3n) is 2.96. The number of halogens is 2. The number of hydrogen-bond acceptors (Lipinski definition) is 3. The van der Waals surface area contributed by atoms with E-state index in [1.54, 1.807) is 29.8 Å². The Labute approximate surface area is 111 Å².